The second kappa shape index (κ2) is 11.8. The van der Waals surface area contributed by atoms with Crippen molar-refractivity contribution in [3.05, 3.63) is 54.0 Å². The normalized spacial score (nSPS) is 20.3. The number of carbonyl (C=O) groups is 1. The highest BCUT2D eigenvalue weighted by molar-refractivity contribution is 5.77. The minimum Gasteiger partial charge on any atom is -0.372 e. The van der Waals surface area contributed by atoms with Crippen LogP contribution in [0.15, 0.2) is 42.9 Å². The van der Waals surface area contributed by atoms with Crippen molar-refractivity contribution in [3.8, 4) is 11.3 Å². The average Bonchev–Trinajstić information content (AvgIpc) is 3.33. The van der Waals surface area contributed by atoms with Gasteiger partial charge in [-0.2, -0.15) is 5.10 Å². The first-order chi connectivity index (χ1) is 18.7. The predicted octanol–water partition coefficient (Wildman–Crippen LogP) is 4.18. The summed E-state index contributed by atoms with van der Waals surface area (Å²) >= 11 is 0. The molecule has 2 fully saturated rings. The van der Waals surface area contributed by atoms with E-state index in [1.165, 1.54) is 0 Å². The smallest absolute Gasteiger partial charge is 0.227 e. The van der Waals surface area contributed by atoms with Crippen LogP contribution in [0, 0.1) is 6.92 Å². The monoisotopic (exact) mass is 535 g/mol. The Labute approximate surface area is 229 Å². The van der Waals surface area contributed by atoms with Crippen molar-refractivity contribution in [2.24, 2.45) is 0 Å². The van der Waals surface area contributed by atoms with Crippen molar-refractivity contribution in [2.75, 3.05) is 38.5 Å². The van der Waals surface area contributed by atoms with E-state index in [2.05, 4.69) is 39.4 Å². The summed E-state index contributed by atoms with van der Waals surface area (Å²) in [5, 5.41) is 7.59. The lowest BCUT2D eigenvalue weighted by molar-refractivity contribution is -0.148. The van der Waals surface area contributed by atoms with E-state index in [-0.39, 0.29) is 24.2 Å². The average molecular weight is 536 g/mol. The summed E-state index contributed by atoms with van der Waals surface area (Å²) in [5.74, 6) is 0.628. The zero-order valence-corrected chi connectivity index (χ0v) is 23.2. The Bertz CT molecular complexity index is 1290. The summed E-state index contributed by atoms with van der Waals surface area (Å²) in [7, 11) is 1.94. The lowest BCUT2D eigenvalue weighted by atomic mass is 9.99. The predicted molar refractivity (Wildman–Crippen MR) is 149 cm³/mol. The Balaban J connectivity index is 1.18. The number of halogens is 1. The molecule has 3 aromatic rings. The first kappa shape index (κ1) is 27.2. The number of aryl methyl sites for hydroxylation is 2. The van der Waals surface area contributed by atoms with Gasteiger partial charge in [0.15, 0.2) is 0 Å². The maximum Gasteiger partial charge on any atom is 0.227 e. The van der Waals surface area contributed by atoms with Crippen LogP contribution in [0.1, 0.15) is 43.9 Å². The summed E-state index contributed by atoms with van der Waals surface area (Å²) < 4.78 is 22.0. The van der Waals surface area contributed by atoms with E-state index in [0.29, 0.717) is 38.4 Å². The Morgan fingerprint density at radius 2 is 2.05 bits per heavy atom. The number of benzene rings is 1. The zero-order valence-electron chi connectivity index (χ0n) is 23.2. The van der Waals surface area contributed by atoms with Gasteiger partial charge < -0.3 is 19.9 Å². The van der Waals surface area contributed by atoms with Gasteiger partial charge in [0.1, 0.15) is 6.17 Å². The molecule has 0 spiro atoms. The molecule has 2 aliphatic heterocycles. The molecule has 0 bridgehead atoms. The molecule has 0 saturated carbocycles. The number of ether oxygens (including phenoxy) is 1. The van der Waals surface area contributed by atoms with E-state index in [4.69, 9.17) is 4.74 Å². The number of amides is 1. The molecule has 10 heteroatoms. The fourth-order valence-electron chi connectivity index (χ4n) is 5.28. The number of rotatable bonds is 9. The number of nitrogens with zero attached hydrogens (tertiary/aromatic N) is 6. The molecule has 2 aromatic heterocycles. The highest BCUT2D eigenvalue weighted by atomic mass is 19.1. The molecule has 0 radical (unpaired) electrons. The lowest BCUT2D eigenvalue weighted by Crippen LogP contribution is -2.55. The Hall–Kier alpha value is -3.37. The van der Waals surface area contributed by atoms with Gasteiger partial charge in [0.2, 0.25) is 11.9 Å². The van der Waals surface area contributed by atoms with Gasteiger partial charge in [-0.1, -0.05) is 12.1 Å². The highest BCUT2D eigenvalue weighted by Crippen LogP contribution is 2.27. The van der Waals surface area contributed by atoms with E-state index in [1.54, 1.807) is 17.1 Å². The molecule has 9 nitrogen and oxygen atoms in total. The summed E-state index contributed by atoms with van der Waals surface area (Å²) in [4.78, 5) is 25.5. The Kier molecular flexibility index (Phi) is 8.23. The summed E-state index contributed by atoms with van der Waals surface area (Å²) in [6.07, 6.45) is 6.53. The largest absolute Gasteiger partial charge is 0.372 e. The minimum atomic E-state index is -0.951. The maximum atomic E-state index is 14.5. The van der Waals surface area contributed by atoms with Gasteiger partial charge in [-0.25, -0.2) is 14.4 Å². The number of nitrogens with one attached hydrogen (secondary N) is 1. The van der Waals surface area contributed by atoms with Crippen molar-refractivity contribution in [2.45, 2.75) is 64.5 Å². The van der Waals surface area contributed by atoms with Gasteiger partial charge in [-0.05, 0) is 63.9 Å². The summed E-state index contributed by atoms with van der Waals surface area (Å²) in [6, 6.07) is 7.82. The third kappa shape index (κ3) is 6.62. The molecule has 2 atom stereocenters. The number of hydrogen-bond acceptors (Lipinski definition) is 7. The quantitative estimate of drug-likeness (QED) is 0.440. The maximum absolute atomic E-state index is 14.5. The van der Waals surface area contributed by atoms with E-state index < -0.39 is 6.17 Å². The molecule has 1 amide bonds. The van der Waals surface area contributed by atoms with Crippen LogP contribution >= 0.6 is 0 Å². The molecule has 39 heavy (non-hydrogen) atoms. The van der Waals surface area contributed by atoms with Crippen molar-refractivity contribution in [1.29, 1.82) is 0 Å². The number of carbonyl (C=O) groups excluding carboxylic acids is 1. The Morgan fingerprint density at radius 1 is 1.23 bits per heavy atom. The number of aromatic nitrogens is 4. The second-order valence-corrected chi connectivity index (χ2v) is 11.0. The van der Waals surface area contributed by atoms with Crippen LogP contribution in [-0.2, 0) is 16.0 Å². The zero-order chi connectivity index (χ0) is 27.5. The van der Waals surface area contributed by atoms with Crippen LogP contribution in [0.5, 0.6) is 0 Å². The molecule has 2 aliphatic rings. The van der Waals surface area contributed by atoms with Gasteiger partial charge in [-0.3, -0.25) is 9.48 Å². The molecule has 0 aliphatic carbocycles. The minimum absolute atomic E-state index is 0.167. The molecule has 0 unspecified atom stereocenters. The van der Waals surface area contributed by atoms with Crippen molar-refractivity contribution in [3.63, 3.8) is 0 Å². The molecule has 5 rings (SSSR count). The number of hydrogen-bond donors (Lipinski definition) is 1. The first-order valence-electron chi connectivity index (χ1n) is 13.7. The first-order valence-corrected chi connectivity index (χ1v) is 13.7. The van der Waals surface area contributed by atoms with Crippen molar-refractivity contribution in [1.82, 2.24) is 29.5 Å². The fraction of sp³-hybridized carbons (Fsp3) is 0.517. The van der Waals surface area contributed by atoms with Gasteiger partial charge in [0.25, 0.3) is 0 Å². The molecular formula is C29H38FN7O2. The topological polar surface area (TPSA) is 88.4 Å². The van der Waals surface area contributed by atoms with Gasteiger partial charge in [0, 0.05) is 50.6 Å². The summed E-state index contributed by atoms with van der Waals surface area (Å²) in [6.45, 7) is 8.74. The Morgan fingerprint density at radius 3 is 2.79 bits per heavy atom. The number of likely N-dealkylation sites (tertiary alicyclic amines) is 2. The van der Waals surface area contributed by atoms with Crippen LogP contribution in [0.2, 0.25) is 0 Å². The van der Waals surface area contributed by atoms with Crippen molar-refractivity contribution < 1.29 is 13.9 Å². The van der Waals surface area contributed by atoms with Crippen LogP contribution in [-0.4, -0.2) is 87.1 Å². The molecule has 1 aromatic carbocycles. The second-order valence-electron chi connectivity index (χ2n) is 11.0. The molecule has 2 saturated heterocycles. The van der Waals surface area contributed by atoms with Crippen molar-refractivity contribution >= 4 is 17.5 Å². The molecule has 208 valence electrons. The standard InChI is InChI=1S/C29H38FN7O2/c1-19(2)39-24-16-36(17-24)28(38)8-7-21-5-6-22(13-20(21)3)26-9-11-31-29(34-26)33-23-14-32-37(15-23)27-10-12-35(4)18-25(27)30/h5-6,9,11,13-15,19,24-25,27H,7-8,10,12,16-18H2,1-4H3,(H,31,33,34)/t25-,27-/m0/s1. The van der Waals surface area contributed by atoms with E-state index in [9.17, 15) is 9.18 Å². The fourth-order valence-corrected chi connectivity index (χ4v) is 5.28. The molecule has 1 N–H and O–H groups in total. The van der Waals surface area contributed by atoms with Crippen LogP contribution in [0.4, 0.5) is 16.0 Å². The van der Waals surface area contributed by atoms with Crippen LogP contribution in [0.3, 0.4) is 0 Å². The SMILES string of the molecule is Cc1cc(-c2ccnc(Nc3cnn([C@H]4CCN(C)C[C@@H]4F)c3)n2)ccc1CCC(=O)N1CC(OC(C)C)C1. The molecular weight excluding hydrogens is 497 g/mol. The van der Waals surface area contributed by atoms with E-state index in [1.807, 2.05) is 49.0 Å². The lowest BCUT2D eigenvalue weighted by Gasteiger charge is -2.40. The third-order valence-corrected chi connectivity index (χ3v) is 7.48. The third-order valence-electron chi connectivity index (χ3n) is 7.48. The number of alkyl halides is 1. The van der Waals surface area contributed by atoms with Gasteiger partial charge >= 0.3 is 0 Å². The van der Waals surface area contributed by atoms with E-state index >= 15 is 0 Å². The number of piperidine rings is 1. The van der Waals surface area contributed by atoms with Gasteiger partial charge in [0.05, 0.1) is 35.8 Å². The summed E-state index contributed by atoms with van der Waals surface area (Å²) in [5.41, 5.74) is 4.77. The van der Waals surface area contributed by atoms with E-state index in [0.717, 1.165) is 41.0 Å². The van der Waals surface area contributed by atoms with Crippen LogP contribution in [0.25, 0.3) is 11.3 Å². The highest BCUT2D eigenvalue weighted by Gasteiger charge is 2.31. The van der Waals surface area contributed by atoms with Crippen LogP contribution < -0.4 is 5.32 Å². The molecule has 4 heterocycles. The number of anilines is 2. The van der Waals surface area contributed by atoms with Gasteiger partial charge in [-0.15, -0.1) is 0 Å².